The van der Waals surface area contributed by atoms with E-state index in [2.05, 4.69) is 15.6 Å². The highest BCUT2D eigenvalue weighted by Crippen LogP contribution is 2.24. The maximum absolute atomic E-state index is 12.2. The Morgan fingerprint density at radius 3 is 2.58 bits per heavy atom. The number of hydrogen-bond acceptors (Lipinski definition) is 6. The van der Waals surface area contributed by atoms with Gasteiger partial charge < -0.3 is 9.73 Å². The van der Waals surface area contributed by atoms with Gasteiger partial charge in [-0.25, -0.2) is 4.98 Å². The molecule has 8 nitrogen and oxygen atoms in total. The Labute approximate surface area is 182 Å². The molecule has 0 fully saturated rings. The van der Waals surface area contributed by atoms with Crippen molar-refractivity contribution in [1.82, 2.24) is 15.6 Å². The Balaban J connectivity index is 1.34. The van der Waals surface area contributed by atoms with E-state index in [0.29, 0.717) is 12.4 Å². The lowest BCUT2D eigenvalue weighted by molar-refractivity contribution is -0.384. The average molecular weight is 432 g/mol. The highest BCUT2D eigenvalue weighted by atomic mass is 32.1. The number of benzene rings is 3. The molecule has 0 aliphatic heterocycles. The fraction of sp³-hybridized carbons (Fsp3) is 0.0455. The molecule has 9 heteroatoms. The maximum Gasteiger partial charge on any atom is 0.270 e. The van der Waals surface area contributed by atoms with Crippen LogP contribution < -0.4 is 10.6 Å². The molecule has 154 valence electrons. The first kappa shape index (κ1) is 20.2. The molecular formula is C22H16N4O4S. The van der Waals surface area contributed by atoms with Crippen LogP contribution in [0.25, 0.3) is 22.6 Å². The summed E-state index contributed by atoms with van der Waals surface area (Å²) < 4.78 is 5.76. The standard InChI is InChI=1S/C22H16N4O4S/c27-20(16-4-3-5-17(12-16)26(28)29)25-22(31)23-13-14-8-10-15(11-9-14)21-24-18-6-1-2-7-19(18)30-21/h1-12H,13H2,(H2,23,25,27,31). The second-order valence-electron chi connectivity index (χ2n) is 6.63. The third-order valence-corrected chi connectivity index (χ3v) is 4.74. The first-order valence-electron chi connectivity index (χ1n) is 9.28. The van der Waals surface area contributed by atoms with Crippen molar-refractivity contribution in [2.75, 3.05) is 0 Å². The van der Waals surface area contributed by atoms with Gasteiger partial charge >= 0.3 is 0 Å². The minimum Gasteiger partial charge on any atom is -0.436 e. The zero-order valence-electron chi connectivity index (χ0n) is 16.1. The van der Waals surface area contributed by atoms with E-state index in [-0.39, 0.29) is 16.4 Å². The van der Waals surface area contributed by atoms with Crippen LogP contribution in [-0.2, 0) is 6.54 Å². The molecule has 2 N–H and O–H groups in total. The predicted octanol–water partition coefficient (Wildman–Crippen LogP) is 4.21. The van der Waals surface area contributed by atoms with E-state index >= 15 is 0 Å². The molecule has 4 rings (SSSR count). The lowest BCUT2D eigenvalue weighted by atomic mass is 10.1. The smallest absolute Gasteiger partial charge is 0.270 e. The number of para-hydroxylation sites is 2. The van der Waals surface area contributed by atoms with E-state index in [1.807, 2.05) is 48.5 Å². The summed E-state index contributed by atoms with van der Waals surface area (Å²) in [5.74, 6) is 0.0213. The van der Waals surface area contributed by atoms with E-state index in [4.69, 9.17) is 16.6 Å². The van der Waals surface area contributed by atoms with Crippen LogP contribution in [0.1, 0.15) is 15.9 Å². The van der Waals surface area contributed by atoms with Gasteiger partial charge in [-0.15, -0.1) is 0 Å². The number of non-ortho nitro benzene ring substituents is 1. The monoisotopic (exact) mass is 432 g/mol. The minimum absolute atomic E-state index is 0.125. The maximum atomic E-state index is 12.2. The molecule has 3 aromatic carbocycles. The van der Waals surface area contributed by atoms with Crippen LogP contribution in [0.2, 0.25) is 0 Å². The Kier molecular flexibility index (Phi) is 5.67. The van der Waals surface area contributed by atoms with Gasteiger partial charge in [0.25, 0.3) is 11.6 Å². The first-order valence-corrected chi connectivity index (χ1v) is 9.69. The molecule has 0 bridgehead atoms. The van der Waals surface area contributed by atoms with E-state index in [1.165, 1.54) is 24.3 Å². The fourth-order valence-corrected chi connectivity index (χ4v) is 3.09. The number of nitro benzene ring substituents is 1. The van der Waals surface area contributed by atoms with Gasteiger partial charge in [0.15, 0.2) is 10.7 Å². The highest BCUT2D eigenvalue weighted by molar-refractivity contribution is 7.80. The van der Waals surface area contributed by atoms with Gasteiger partial charge in [0, 0.05) is 29.8 Å². The number of nitrogens with zero attached hydrogens (tertiary/aromatic N) is 2. The quantitative estimate of drug-likeness (QED) is 0.276. The van der Waals surface area contributed by atoms with Crippen LogP contribution in [0.3, 0.4) is 0 Å². The zero-order chi connectivity index (χ0) is 21.8. The summed E-state index contributed by atoms with van der Waals surface area (Å²) >= 11 is 5.15. The predicted molar refractivity (Wildman–Crippen MR) is 119 cm³/mol. The lowest BCUT2D eigenvalue weighted by Crippen LogP contribution is -2.38. The van der Waals surface area contributed by atoms with E-state index in [9.17, 15) is 14.9 Å². The summed E-state index contributed by atoms with van der Waals surface area (Å²) in [6, 6.07) is 20.6. The molecule has 0 saturated heterocycles. The average Bonchev–Trinajstić information content (AvgIpc) is 3.22. The van der Waals surface area contributed by atoms with Gasteiger partial charge in [0.05, 0.1) is 4.92 Å². The molecule has 1 amide bonds. The molecule has 0 aliphatic rings. The SMILES string of the molecule is O=C(NC(=S)NCc1ccc(-c2nc3ccccc3o2)cc1)c1cccc([N+](=O)[O-])c1. The summed E-state index contributed by atoms with van der Waals surface area (Å²) in [5, 5.41) is 16.4. The lowest BCUT2D eigenvalue weighted by Gasteiger charge is -2.10. The van der Waals surface area contributed by atoms with Gasteiger partial charge in [-0.05, 0) is 48.1 Å². The second kappa shape index (κ2) is 8.72. The summed E-state index contributed by atoms with van der Waals surface area (Å²) in [5.41, 5.74) is 3.31. The third kappa shape index (κ3) is 4.73. The molecule has 1 heterocycles. The van der Waals surface area contributed by atoms with Crippen molar-refractivity contribution in [2.24, 2.45) is 0 Å². The Morgan fingerprint density at radius 1 is 1.06 bits per heavy atom. The first-order chi connectivity index (χ1) is 15.0. The molecule has 0 atom stereocenters. The number of nitrogens with one attached hydrogen (secondary N) is 2. The van der Waals surface area contributed by atoms with Crippen molar-refractivity contribution < 1.29 is 14.1 Å². The van der Waals surface area contributed by atoms with Crippen LogP contribution in [0.5, 0.6) is 0 Å². The molecule has 4 aromatic rings. The second-order valence-corrected chi connectivity index (χ2v) is 7.04. The molecule has 0 spiro atoms. The number of amides is 1. The van der Waals surface area contributed by atoms with Crippen LogP contribution in [0.15, 0.2) is 77.2 Å². The largest absolute Gasteiger partial charge is 0.436 e. The summed E-state index contributed by atoms with van der Waals surface area (Å²) in [6.45, 7) is 0.391. The van der Waals surface area contributed by atoms with Crippen LogP contribution >= 0.6 is 12.2 Å². The number of thiocarbonyl (C=S) groups is 1. The number of nitro groups is 1. The van der Waals surface area contributed by atoms with Crippen molar-refractivity contribution in [3.8, 4) is 11.5 Å². The number of fused-ring (bicyclic) bond motifs is 1. The van der Waals surface area contributed by atoms with Gasteiger partial charge in [0.2, 0.25) is 5.89 Å². The third-order valence-electron chi connectivity index (χ3n) is 4.49. The topological polar surface area (TPSA) is 110 Å². The van der Waals surface area contributed by atoms with Crippen LogP contribution in [0.4, 0.5) is 5.69 Å². The number of oxazole rings is 1. The van der Waals surface area contributed by atoms with Crippen LogP contribution in [0, 0.1) is 10.1 Å². The number of aromatic nitrogens is 1. The van der Waals surface area contributed by atoms with Crippen molar-refractivity contribution in [3.63, 3.8) is 0 Å². The molecule has 31 heavy (non-hydrogen) atoms. The normalized spacial score (nSPS) is 10.6. The van der Waals surface area contributed by atoms with Crippen molar-refractivity contribution >= 4 is 40.0 Å². The summed E-state index contributed by atoms with van der Waals surface area (Å²) in [6.07, 6.45) is 0. The molecular weight excluding hydrogens is 416 g/mol. The molecule has 0 aliphatic carbocycles. The Hall–Kier alpha value is -4.11. The van der Waals surface area contributed by atoms with Crippen LogP contribution in [-0.4, -0.2) is 20.9 Å². The van der Waals surface area contributed by atoms with Gasteiger partial charge in [-0.3, -0.25) is 20.2 Å². The number of rotatable bonds is 5. The van der Waals surface area contributed by atoms with Gasteiger partial charge in [-0.2, -0.15) is 0 Å². The van der Waals surface area contributed by atoms with Gasteiger partial charge in [0.1, 0.15) is 5.52 Å². The summed E-state index contributed by atoms with van der Waals surface area (Å²) in [7, 11) is 0. The molecule has 0 radical (unpaired) electrons. The number of carbonyl (C=O) groups is 1. The molecule has 1 aromatic heterocycles. The van der Waals surface area contributed by atoms with E-state index in [1.54, 1.807) is 0 Å². The fourth-order valence-electron chi connectivity index (χ4n) is 2.92. The van der Waals surface area contributed by atoms with Gasteiger partial charge in [-0.1, -0.05) is 30.3 Å². The minimum atomic E-state index is -0.558. The zero-order valence-corrected chi connectivity index (χ0v) is 16.9. The Morgan fingerprint density at radius 2 is 1.84 bits per heavy atom. The summed E-state index contributed by atoms with van der Waals surface area (Å²) in [4.78, 5) is 27.0. The molecule has 0 unspecified atom stereocenters. The van der Waals surface area contributed by atoms with Crippen molar-refractivity contribution in [2.45, 2.75) is 6.54 Å². The highest BCUT2D eigenvalue weighted by Gasteiger charge is 2.13. The van der Waals surface area contributed by atoms with E-state index < -0.39 is 10.8 Å². The van der Waals surface area contributed by atoms with Crippen molar-refractivity contribution in [3.05, 3.63) is 94.0 Å². The number of hydrogen-bond donors (Lipinski definition) is 2. The number of carbonyl (C=O) groups excluding carboxylic acids is 1. The van der Waals surface area contributed by atoms with E-state index in [0.717, 1.165) is 22.2 Å². The molecule has 0 saturated carbocycles. The Bertz CT molecular complexity index is 1250. The van der Waals surface area contributed by atoms with Crippen molar-refractivity contribution in [1.29, 1.82) is 0 Å².